The Morgan fingerprint density at radius 1 is 0.265 bits per heavy atom. The molecule has 0 aliphatic carbocycles. The molecule has 0 unspecified atom stereocenters. The minimum absolute atomic E-state index is 0.000997. The molecule has 20 rings (SSSR count). The van der Waals surface area contributed by atoms with E-state index in [0.717, 1.165) is 38.9 Å². The van der Waals surface area contributed by atoms with Gasteiger partial charge in [0, 0.05) is 83.4 Å². The van der Waals surface area contributed by atoms with Gasteiger partial charge in [0.15, 0.2) is 17.5 Å². The van der Waals surface area contributed by atoms with Gasteiger partial charge in [-0.2, -0.15) is 0 Å². The number of fused-ring (bicyclic) bond motifs is 10. The minimum atomic E-state index is -1.09. The molecule has 0 spiro atoms. The van der Waals surface area contributed by atoms with Gasteiger partial charge in [0.2, 0.25) is 0 Å². The Balaban J connectivity index is 1.08. The zero-order valence-corrected chi connectivity index (χ0v) is 66.5. The van der Waals surface area contributed by atoms with Crippen LogP contribution in [0.25, 0.3) is 134 Å². The molecular weight excluding hydrogens is 1420 g/mol. The summed E-state index contributed by atoms with van der Waals surface area (Å²) in [5.41, 5.74) is 7.79. The topological polar surface area (TPSA) is 55.0 Å². The Kier molecular flexibility index (Phi) is 11.7. The Hall–Kier alpha value is -13.4. The fraction of sp³-hybridized carbons (Fsp3) is 0.147. The summed E-state index contributed by atoms with van der Waals surface area (Å²) in [6.07, 6.45) is 0. The molecule has 18 aromatic rings. The number of para-hydroxylation sites is 4. The number of nitrogens with zero attached hydrogens (tertiary/aromatic N) is 7. The molecule has 0 amide bonds. The zero-order chi connectivity index (χ0) is 103. The highest BCUT2D eigenvalue weighted by Crippen LogP contribution is 2.56. The number of benzene rings is 15. The molecule has 0 saturated heterocycles. The van der Waals surface area contributed by atoms with Crippen LogP contribution < -0.4 is 26.2 Å². The monoisotopic (exact) mass is 1540 g/mol. The third-order valence-corrected chi connectivity index (χ3v) is 22.6. The first kappa shape index (κ1) is 49.4. The predicted octanol–water partition coefficient (Wildman–Crippen LogP) is 27.0. The molecule has 566 valence electrons. The van der Waals surface area contributed by atoms with Crippen LogP contribution in [0.3, 0.4) is 0 Å². The van der Waals surface area contributed by atoms with Crippen molar-refractivity contribution in [3.63, 3.8) is 0 Å². The minimum Gasteiger partial charge on any atom is -0.310 e. The highest BCUT2D eigenvalue weighted by atomic mass is 15.2. The zero-order valence-electron chi connectivity index (χ0n) is 92.5. The molecule has 0 bridgehead atoms. The van der Waals surface area contributed by atoms with Gasteiger partial charge in [0.25, 0.3) is 6.71 Å². The molecule has 15 aromatic carbocycles. The third kappa shape index (κ3) is 12.5. The first-order valence-electron chi connectivity index (χ1n) is 52.0. The summed E-state index contributed by atoms with van der Waals surface area (Å²) in [6, 6.07) is 40.1. The van der Waals surface area contributed by atoms with Crippen molar-refractivity contribution in [1.82, 2.24) is 24.1 Å². The summed E-state index contributed by atoms with van der Waals surface area (Å²) >= 11 is 0. The molecule has 0 saturated carbocycles. The second-order valence-electron chi connectivity index (χ2n) is 34.1. The summed E-state index contributed by atoms with van der Waals surface area (Å²) in [4.78, 5) is 19.5. The maximum absolute atomic E-state index is 10.4. The van der Waals surface area contributed by atoms with Gasteiger partial charge in [0.1, 0.15) is 0 Å². The standard InChI is InChI=1S/C109H92BN7/c1-106(2,3)76-58-75(59-77(61-76)107(4,5)6)74-54-56-90-96(60-74)116(101-86(69-36-18-13-19-37-69)62-78(108(7,8)9)63-87(101)70-38-20-14-21-39-70)98-67-81(115-94-52-34-30-48-84(94)85-49-31-35-53-95(85)115)68-99-100(98)110(90)91-57-55-80(114-92-50-32-28-46-82(92)83-47-29-33-51-93(83)114)66-97(91)117(99)102-88(71-40-22-15-23-41-71)64-79(109(10,11)12)65-89(102)105-112-103(72-42-24-16-25-43-72)111-104(113-105)73-44-26-17-27-45-73/h13-68H,1-12H3/i16D,17D,24D,25D,26D,27D,28D,29D,30D,31D,32D,33D,34D,35D,42D,43D,44D,45D,46D,47D,48D,49D,50D,51D,52D,53D. The van der Waals surface area contributed by atoms with E-state index < -0.39 is 214 Å². The van der Waals surface area contributed by atoms with E-state index in [1.165, 1.54) is 9.13 Å². The van der Waals surface area contributed by atoms with E-state index in [9.17, 15) is 32.9 Å². The van der Waals surface area contributed by atoms with Crippen LogP contribution in [0, 0.1) is 0 Å². The van der Waals surface area contributed by atoms with Crippen LogP contribution in [0.15, 0.2) is 339 Å². The molecule has 0 fully saturated rings. The van der Waals surface area contributed by atoms with E-state index in [2.05, 4.69) is 116 Å². The Labute approximate surface area is 723 Å². The van der Waals surface area contributed by atoms with Crippen molar-refractivity contribution in [3.8, 4) is 90.0 Å². The van der Waals surface area contributed by atoms with Crippen LogP contribution in [0.4, 0.5) is 34.1 Å². The van der Waals surface area contributed by atoms with Gasteiger partial charge >= 0.3 is 0 Å². The normalized spacial score (nSPS) is 16.0. The van der Waals surface area contributed by atoms with Crippen molar-refractivity contribution >= 4 is 101 Å². The molecule has 2 aliphatic heterocycles. The van der Waals surface area contributed by atoms with E-state index in [0.29, 0.717) is 61.3 Å². The first-order chi connectivity index (χ1) is 67.3. The van der Waals surface area contributed by atoms with Crippen LogP contribution in [-0.4, -0.2) is 30.8 Å². The van der Waals surface area contributed by atoms with E-state index in [1.54, 1.807) is 24.3 Å². The lowest BCUT2D eigenvalue weighted by Crippen LogP contribution is -2.61. The van der Waals surface area contributed by atoms with Crippen LogP contribution in [0.5, 0.6) is 0 Å². The van der Waals surface area contributed by atoms with Crippen molar-refractivity contribution in [2.24, 2.45) is 0 Å². The summed E-state index contributed by atoms with van der Waals surface area (Å²) in [5.74, 6) is -1.67. The lowest BCUT2D eigenvalue weighted by molar-refractivity contribution is 0.569. The molecular formula is C109H92BN7. The van der Waals surface area contributed by atoms with Gasteiger partial charge in [-0.25, -0.2) is 15.0 Å². The Bertz CT molecular complexity index is 8260. The number of hydrogen-bond acceptors (Lipinski definition) is 5. The first-order valence-corrected chi connectivity index (χ1v) is 39.0. The molecule has 5 heterocycles. The highest BCUT2D eigenvalue weighted by molar-refractivity contribution is 7.00. The average Bonchev–Trinajstić information content (AvgIpc) is 1.19. The number of anilines is 6. The van der Waals surface area contributed by atoms with E-state index in [-0.39, 0.29) is 77.6 Å². The lowest BCUT2D eigenvalue weighted by Gasteiger charge is -2.46. The second kappa shape index (κ2) is 27.7. The van der Waals surface area contributed by atoms with Crippen LogP contribution in [0.2, 0.25) is 0 Å². The molecule has 2 aliphatic rings. The number of aromatic nitrogens is 5. The SMILES string of the molecule is [2H]c1c([2H])c([2H])c(-c2nc(-c3cc(C(C)(C)C)cc(-c4ccccc4)c3N3c4cc(-n5c6c([2H])c([2H])c([2H])c([2H])c6c6c([2H])c([2H])c([2H])c([2H])c65)ccc4B4c5ccc(-c6cc(C(C)(C)C)cc(C(C)(C)C)c6)cc5N(c5c(-c6ccccc6)cc(C(C)(C)C)cc5-c5ccccc5)c5cc(-n6c7c([2H])c([2H])c([2H])c([2H])c7c7c([2H])c([2H])c([2H])c([2H])c76)cc3c54)nc(-c3c([2H])c([2H])c([2H])c([2H])c3[2H])n2)c([2H])c1[2H]. The van der Waals surface area contributed by atoms with Crippen LogP contribution in [-0.2, 0) is 21.7 Å². The van der Waals surface area contributed by atoms with Gasteiger partial charge in [-0.05, 0) is 167 Å². The molecule has 0 radical (unpaired) electrons. The summed E-state index contributed by atoms with van der Waals surface area (Å²) < 4.78 is 253. The Morgan fingerprint density at radius 3 is 1.01 bits per heavy atom. The van der Waals surface area contributed by atoms with E-state index in [4.69, 9.17) is 17.7 Å². The van der Waals surface area contributed by atoms with Gasteiger partial charge in [-0.1, -0.05) is 343 Å². The van der Waals surface area contributed by atoms with Crippen molar-refractivity contribution in [1.29, 1.82) is 0 Å². The fourth-order valence-electron chi connectivity index (χ4n) is 16.7. The summed E-state index contributed by atoms with van der Waals surface area (Å²) in [6.45, 7) is 24.1. The lowest BCUT2D eigenvalue weighted by atomic mass is 9.33. The van der Waals surface area contributed by atoms with E-state index >= 15 is 0 Å². The fourth-order valence-corrected chi connectivity index (χ4v) is 16.7. The number of hydrogen-bond donors (Lipinski definition) is 0. The largest absolute Gasteiger partial charge is 0.310 e. The maximum atomic E-state index is 10.4. The Morgan fingerprint density at radius 2 is 0.598 bits per heavy atom. The van der Waals surface area contributed by atoms with E-state index in [1.807, 2.05) is 135 Å². The quantitative estimate of drug-likeness (QED) is 0.121. The average molecular weight is 1540 g/mol. The van der Waals surface area contributed by atoms with Crippen LogP contribution in [0.1, 0.15) is 141 Å². The van der Waals surface area contributed by atoms with Crippen molar-refractivity contribution < 1.29 is 35.6 Å². The summed E-state index contributed by atoms with van der Waals surface area (Å²) in [5, 5.41) is -1.03. The van der Waals surface area contributed by atoms with Crippen molar-refractivity contribution in [2.45, 2.75) is 105 Å². The second-order valence-corrected chi connectivity index (χ2v) is 34.1. The van der Waals surface area contributed by atoms with Gasteiger partial charge in [-0.15, -0.1) is 0 Å². The number of rotatable bonds is 11. The molecule has 3 aromatic heterocycles. The maximum Gasteiger partial charge on any atom is 0.252 e. The predicted molar refractivity (Wildman–Crippen MR) is 495 cm³/mol. The van der Waals surface area contributed by atoms with Crippen molar-refractivity contribution in [2.75, 3.05) is 9.80 Å². The smallest absolute Gasteiger partial charge is 0.252 e. The molecule has 0 N–H and O–H groups in total. The molecule has 7 nitrogen and oxygen atoms in total. The van der Waals surface area contributed by atoms with Gasteiger partial charge in [0.05, 0.1) is 74.8 Å². The van der Waals surface area contributed by atoms with Gasteiger partial charge < -0.3 is 18.9 Å². The third-order valence-electron chi connectivity index (χ3n) is 22.6. The highest BCUT2D eigenvalue weighted by Gasteiger charge is 2.47. The molecule has 8 heteroatoms. The van der Waals surface area contributed by atoms with Gasteiger partial charge in [-0.3, -0.25) is 0 Å². The van der Waals surface area contributed by atoms with Crippen LogP contribution >= 0.6 is 0 Å². The molecule has 117 heavy (non-hydrogen) atoms. The molecule has 0 atom stereocenters. The van der Waals surface area contributed by atoms with Crippen molar-refractivity contribution in [3.05, 3.63) is 361 Å². The summed E-state index contributed by atoms with van der Waals surface area (Å²) in [7, 11) is 0.